The highest BCUT2D eigenvalue weighted by atomic mass is 127. The van der Waals surface area contributed by atoms with E-state index in [9.17, 15) is 0 Å². The van der Waals surface area contributed by atoms with Gasteiger partial charge in [-0.05, 0) is 89.0 Å². The molecule has 0 atom stereocenters. The Morgan fingerprint density at radius 2 is 1.75 bits per heavy atom. The van der Waals surface area contributed by atoms with E-state index >= 15 is 0 Å². The van der Waals surface area contributed by atoms with E-state index in [-0.39, 0.29) is 0 Å². The zero-order valence-corrected chi connectivity index (χ0v) is 19.1. The lowest BCUT2D eigenvalue weighted by atomic mass is 10.1. The maximum Gasteiger partial charge on any atom is 0.174 e. The molecule has 0 aromatic heterocycles. The fraction of sp³-hybridized carbons (Fsp3) is 0.217. The van der Waals surface area contributed by atoms with Crippen LogP contribution in [0, 0.1) is 17.4 Å². The molecule has 3 nitrogen and oxygen atoms in total. The maximum atomic E-state index is 6.04. The summed E-state index contributed by atoms with van der Waals surface area (Å²) in [6, 6.07) is 18.1. The van der Waals surface area contributed by atoms with Crippen LogP contribution in [0.15, 0.2) is 54.6 Å². The number of nitrogens with one attached hydrogen (secondary N) is 1. The lowest BCUT2D eigenvalue weighted by molar-refractivity contribution is 0.282. The van der Waals surface area contributed by atoms with Crippen molar-refractivity contribution in [1.82, 2.24) is 0 Å². The van der Waals surface area contributed by atoms with E-state index in [1.165, 1.54) is 11.1 Å². The fourth-order valence-electron chi connectivity index (χ4n) is 2.89. The minimum Gasteiger partial charge on any atom is -0.493 e. The van der Waals surface area contributed by atoms with E-state index in [2.05, 4.69) is 66.0 Å². The summed E-state index contributed by atoms with van der Waals surface area (Å²) in [4.78, 5) is 0. The van der Waals surface area contributed by atoms with Gasteiger partial charge < -0.3 is 14.8 Å². The minimum atomic E-state index is 0.462. The van der Waals surface area contributed by atoms with Crippen molar-refractivity contribution >= 4 is 39.9 Å². The van der Waals surface area contributed by atoms with Crippen molar-refractivity contribution in [3.05, 3.63) is 85.4 Å². The summed E-state index contributed by atoms with van der Waals surface area (Å²) in [6.07, 6.45) is 0. The number of halogens is 2. The van der Waals surface area contributed by atoms with Crippen LogP contribution in [0.4, 0.5) is 5.69 Å². The zero-order valence-electron chi connectivity index (χ0n) is 16.2. The quantitative estimate of drug-likeness (QED) is 0.358. The molecule has 0 aliphatic heterocycles. The summed E-state index contributed by atoms with van der Waals surface area (Å²) in [5.41, 5.74) is 5.90. The predicted octanol–water partition coefficient (Wildman–Crippen LogP) is 6.76. The second-order valence-electron chi connectivity index (χ2n) is 6.63. The molecule has 3 aromatic carbocycles. The Kier molecular flexibility index (Phi) is 7.08. The average Bonchev–Trinajstić information content (AvgIpc) is 2.69. The molecule has 28 heavy (non-hydrogen) atoms. The first-order chi connectivity index (χ1) is 13.5. The van der Waals surface area contributed by atoms with E-state index in [4.69, 9.17) is 21.1 Å². The highest BCUT2D eigenvalue weighted by Crippen LogP contribution is 2.35. The van der Waals surface area contributed by atoms with E-state index in [0.717, 1.165) is 36.9 Å². The third-order valence-electron chi connectivity index (χ3n) is 4.67. The van der Waals surface area contributed by atoms with Crippen molar-refractivity contribution in [3.63, 3.8) is 0 Å². The molecule has 1 N–H and O–H groups in total. The smallest absolute Gasteiger partial charge is 0.174 e. The number of methoxy groups -OCH3 is 1. The number of hydrogen-bond donors (Lipinski definition) is 1. The maximum absolute atomic E-state index is 6.04. The molecule has 0 bridgehead atoms. The molecule has 0 unspecified atom stereocenters. The highest BCUT2D eigenvalue weighted by Gasteiger charge is 2.12. The van der Waals surface area contributed by atoms with Crippen LogP contribution in [0.25, 0.3) is 0 Å². The van der Waals surface area contributed by atoms with Crippen LogP contribution in [-0.4, -0.2) is 7.11 Å². The molecule has 0 aliphatic carbocycles. The summed E-state index contributed by atoms with van der Waals surface area (Å²) in [7, 11) is 1.67. The largest absolute Gasteiger partial charge is 0.493 e. The van der Waals surface area contributed by atoms with Crippen LogP contribution in [0.5, 0.6) is 11.5 Å². The lowest BCUT2D eigenvalue weighted by Gasteiger charge is -2.16. The first-order valence-electron chi connectivity index (χ1n) is 9.01. The molecule has 0 saturated heterocycles. The van der Waals surface area contributed by atoms with Crippen LogP contribution >= 0.6 is 34.2 Å². The van der Waals surface area contributed by atoms with Crippen LogP contribution < -0.4 is 14.8 Å². The molecule has 0 fully saturated rings. The molecular weight excluding hydrogens is 485 g/mol. The first kappa shape index (κ1) is 20.8. The van der Waals surface area contributed by atoms with E-state index < -0.39 is 0 Å². The van der Waals surface area contributed by atoms with Gasteiger partial charge in [-0.25, -0.2) is 0 Å². The molecule has 0 radical (unpaired) electrons. The van der Waals surface area contributed by atoms with Gasteiger partial charge in [0.25, 0.3) is 0 Å². The van der Waals surface area contributed by atoms with Crippen molar-refractivity contribution in [2.45, 2.75) is 27.0 Å². The van der Waals surface area contributed by atoms with Gasteiger partial charge in [0.2, 0.25) is 0 Å². The van der Waals surface area contributed by atoms with Gasteiger partial charge in [0.1, 0.15) is 6.61 Å². The Morgan fingerprint density at radius 1 is 1.00 bits per heavy atom. The second kappa shape index (κ2) is 9.52. The number of rotatable bonds is 7. The third kappa shape index (κ3) is 5.11. The van der Waals surface area contributed by atoms with Gasteiger partial charge in [-0.3, -0.25) is 0 Å². The van der Waals surface area contributed by atoms with E-state index in [1.807, 2.05) is 30.3 Å². The Labute approximate surface area is 185 Å². The van der Waals surface area contributed by atoms with Crippen LogP contribution in [0.1, 0.15) is 22.3 Å². The van der Waals surface area contributed by atoms with Crippen molar-refractivity contribution in [1.29, 1.82) is 0 Å². The number of anilines is 1. The molecule has 0 amide bonds. The topological polar surface area (TPSA) is 30.5 Å². The van der Waals surface area contributed by atoms with Gasteiger partial charge in [0.15, 0.2) is 11.5 Å². The third-order valence-corrected chi connectivity index (χ3v) is 5.73. The summed E-state index contributed by atoms with van der Waals surface area (Å²) in [5, 5.41) is 4.24. The van der Waals surface area contributed by atoms with E-state index in [0.29, 0.717) is 13.2 Å². The number of benzene rings is 3. The van der Waals surface area contributed by atoms with Crippen molar-refractivity contribution in [2.24, 2.45) is 0 Å². The number of aryl methyl sites for hydroxylation is 1. The Hall–Kier alpha value is -1.92. The Bertz CT molecular complexity index is 958. The van der Waals surface area contributed by atoms with Gasteiger partial charge >= 0.3 is 0 Å². The minimum absolute atomic E-state index is 0.462. The van der Waals surface area contributed by atoms with Crippen molar-refractivity contribution in [2.75, 3.05) is 12.4 Å². The van der Waals surface area contributed by atoms with E-state index in [1.54, 1.807) is 7.11 Å². The highest BCUT2D eigenvalue weighted by molar-refractivity contribution is 14.1. The molecule has 5 heteroatoms. The summed E-state index contributed by atoms with van der Waals surface area (Å²) in [6.45, 7) is 5.44. The van der Waals surface area contributed by atoms with Gasteiger partial charge in [-0.2, -0.15) is 0 Å². The lowest BCUT2D eigenvalue weighted by Crippen LogP contribution is -2.04. The zero-order chi connectivity index (χ0) is 20.1. The SMILES string of the molecule is COc1cc(CNc2cccc(C)c2C)cc(I)c1OCc1ccc(Cl)cc1. The molecule has 0 saturated carbocycles. The van der Waals surface area contributed by atoms with Crippen LogP contribution in [-0.2, 0) is 13.2 Å². The summed E-state index contributed by atoms with van der Waals surface area (Å²) in [5.74, 6) is 1.49. The molecule has 3 aromatic rings. The molecule has 0 aliphatic rings. The molecule has 3 rings (SSSR count). The number of ether oxygens (including phenoxy) is 2. The molecule has 0 heterocycles. The van der Waals surface area contributed by atoms with Gasteiger partial charge in [0, 0.05) is 17.3 Å². The second-order valence-corrected chi connectivity index (χ2v) is 8.22. The normalized spacial score (nSPS) is 10.6. The Balaban J connectivity index is 1.73. The van der Waals surface area contributed by atoms with Gasteiger partial charge in [-0.15, -0.1) is 0 Å². The number of hydrogen-bond acceptors (Lipinski definition) is 3. The fourth-order valence-corrected chi connectivity index (χ4v) is 3.84. The molecule has 0 spiro atoms. The van der Waals surface area contributed by atoms with Crippen molar-refractivity contribution < 1.29 is 9.47 Å². The Morgan fingerprint density at radius 3 is 2.46 bits per heavy atom. The monoisotopic (exact) mass is 507 g/mol. The summed E-state index contributed by atoms with van der Waals surface area (Å²) >= 11 is 8.24. The van der Waals surface area contributed by atoms with Crippen molar-refractivity contribution in [3.8, 4) is 11.5 Å². The molecule has 146 valence electrons. The predicted molar refractivity (Wildman–Crippen MR) is 125 cm³/mol. The van der Waals surface area contributed by atoms with Gasteiger partial charge in [-0.1, -0.05) is 35.9 Å². The van der Waals surface area contributed by atoms with Crippen LogP contribution in [0.2, 0.25) is 5.02 Å². The van der Waals surface area contributed by atoms with Crippen LogP contribution in [0.3, 0.4) is 0 Å². The molecular formula is C23H23ClINO2. The van der Waals surface area contributed by atoms with Gasteiger partial charge in [0.05, 0.1) is 10.7 Å². The first-order valence-corrected chi connectivity index (χ1v) is 10.5. The average molecular weight is 508 g/mol. The summed E-state index contributed by atoms with van der Waals surface area (Å²) < 4.78 is 12.6. The standard InChI is InChI=1S/C23H23ClINO2/c1-15-5-4-6-21(16(15)2)26-13-18-11-20(25)23(22(12-18)27-3)28-14-17-7-9-19(24)10-8-17/h4-12,26H,13-14H2,1-3H3.